The normalized spacial score (nSPS) is 17.7. The van der Waals surface area contributed by atoms with Crippen molar-refractivity contribution in [2.75, 3.05) is 31.7 Å². The van der Waals surface area contributed by atoms with E-state index in [2.05, 4.69) is 15.6 Å². The Labute approximate surface area is 227 Å². The maximum absolute atomic E-state index is 14.9. The zero-order valence-electron chi connectivity index (χ0n) is 21.2. The maximum Gasteiger partial charge on any atom is 0.404 e. The van der Waals surface area contributed by atoms with Gasteiger partial charge in [-0.15, -0.1) is 0 Å². The minimum atomic E-state index is -1.19. The summed E-state index contributed by atoms with van der Waals surface area (Å²) in [4.78, 5) is 27.4. The first-order valence-electron chi connectivity index (χ1n) is 12.3. The number of carbonyl (C=O) groups excluding carboxylic acids is 2. The largest absolute Gasteiger partial charge is 0.485 e. The van der Waals surface area contributed by atoms with Gasteiger partial charge in [-0.2, -0.15) is 0 Å². The van der Waals surface area contributed by atoms with Crippen molar-refractivity contribution in [2.24, 2.45) is 11.5 Å². The monoisotopic (exact) mass is 559 g/mol. The molecule has 1 aliphatic heterocycles. The molecule has 4 rings (SSSR count). The molecule has 10 nitrogen and oxygen atoms in total. The van der Waals surface area contributed by atoms with Gasteiger partial charge in [0.25, 0.3) is 0 Å². The lowest BCUT2D eigenvalue weighted by Crippen LogP contribution is -2.50. The number of halogens is 3. The molecule has 40 heavy (non-hydrogen) atoms. The van der Waals surface area contributed by atoms with Gasteiger partial charge in [0.05, 0.1) is 30.7 Å². The number of rotatable bonds is 11. The Hall–Kier alpha value is -4.36. The molecule has 1 aromatic heterocycles. The van der Waals surface area contributed by atoms with Crippen LogP contribution in [0.15, 0.2) is 60.9 Å². The van der Waals surface area contributed by atoms with Crippen LogP contribution in [0.2, 0.25) is 0 Å². The predicted octanol–water partition coefficient (Wildman–Crippen LogP) is 2.43. The molecule has 13 heteroatoms. The molecular weight excluding hydrogens is 531 g/mol. The highest BCUT2D eigenvalue weighted by Crippen LogP contribution is 2.34. The molecule has 1 aliphatic rings. The van der Waals surface area contributed by atoms with Gasteiger partial charge in [0.15, 0.2) is 11.6 Å². The van der Waals surface area contributed by atoms with Gasteiger partial charge in [-0.1, -0.05) is 24.3 Å². The first kappa shape index (κ1) is 28.6. The highest BCUT2D eigenvalue weighted by Gasteiger charge is 2.31. The fraction of sp³-hybridized carbons (Fsp3) is 0.296. The zero-order chi connectivity index (χ0) is 28.6. The number of amides is 2. The van der Waals surface area contributed by atoms with E-state index >= 15 is 0 Å². The third-order valence-corrected chi connectivity index (χ3v) is 6.27. The number of hydrogen-bond acceptors (Lipinski definition) is 8. The molecule has 212 valence electrons. The Morgan fingerprint density at radius 3 is 2.15 bits per heavy atom. The number of nitrogens with zero attached hydrogens (tertiary/aromatic N) is 1. The third-order valence-electron chi connectivity index (χ3n) is 6.27. The SMILES string of the molecule is NC(=O)OC[C@@H]1CO[C@H](COc2c(F)cncc2N[C@H](C(N)=O)C(c2ccc(F)cc2)c2ccc(F)cc2)CN1. The molecule has 3 atom stereocenters. The third kappa shape index (κ3) is 7.39. The van der Waals surface area contributed by atoms with Gasteiger partial charge in [0.1, 0.15) is 37.0 Å². The van der Waals surface area contributed by atoms with Gasteiger partial charge >= 0.3 is 6.09 Å². The number of morpholine rings is 1. The topological polar surface area (TPSA) is 151 Å². The Balaban J connectivity index is 1.54. The lowest BCUT2D eigenvalue weighted by molar-refractivity contribution is -0.119. The highest BCUT2D eigenvalue weighted by atomic mass is 19.1. The molecule has 0 radical (unpaired) electrons. The van der Waals surface area contributed by atoms with Crippen LogP contribution in [0, 0.1) is 17.5 Å². The first-order valence-corrected chi connectivity index (χ1v) is 12.3. The van der Waals surface area contributed by atoms with Gasteiger partial charge in [0, 0.05) is 12.5 Å². The van der Waals surface area contributed by atoms with Gasteiger partial charge in [-0.3, -0.25) is 9.78 Å². The quantitative estimate of drug-likeness (QED) is 0.280. The second-order valence-electron chi connectivity index (χ2n) is 9.10. The summed E-state index contributed by atoms with van der Waals surface area (Å²) in [6.45, 7) is 0.496. The Morgan fingerprint density at radius 1 is 1.00 bits per heavy atom. The zero-order valence-corrected chi connectivity index (χ0v) is 21.2. The molecule has 0 bridgehead atoms. The van der Waals surface area contributed by atoms with Crippen LogP contribution >= 0.6 is 0 Å². The Bertz CT molecular complexity index is 1260. The van der Waals surface area contributed by atoms with E-state index in [4.69, 9.17) is 25.7 Å². The summed E-state index contributed by atoms with van der Waals surface area (Å²) in [5.74, 6) is -3.60. The van der Waals surface area contributed by atoms with E-state index < -0.39 is 47.5 Å². The molecule has 0 aliphatic carbocycles. The Morgan fingerprint density at radius 2 is 1.62 bits per heavy atom. The summed E-state index contributed by atoms with van der Waals surface area (Å²) in [7, 11) is 0. The molecule has 0 spiro atoms. The average molecular weight is 560 g/mol. The van der Waals surface area contributed by atoms with Crippen LogP contribution in [-0.4, -0.2) is 61.5 Å². The summed E-state index contributed by atoms with van der Waals surface area (Å²) in [5, 5.41) is 6.05. The molecule has 0 unspecified atom stereocenters. The summed E-state index contributed by atoms with van der Waals surface area (Å²) >= 11 is 0. The summed E-state index contributed by atoms with van der Waals surface area (Å²) in [6, 6.07) is 9.39. The predicted molar refractivity (Wildman–Crippen MR) is 138 cm³/mol. The molecule has 0 saturated carbocycles. The van der Waals surface area contributed by atoms with Gasteiger partial charge in [-0.05, 0) is 35.4 Å². The Kier molecular flexibility index (Phi) is 9.40. The van der Waals surface area contributed by atoms with Crippen LogP contribution < -0.4 is 26.8 Å². The number of carbonyl (C=O) groups is 2. The van der Waals surface area contributed by atoms with Crippen LogP contribution in [0.4, 0.5) is 23.7 Å². The van der Waals surface area contributed by atoms with Crippen LogP contribution in [0.3, 0.4) is 0 Å². The van der Waals surface area contributed by atoms with E-state index in [-0.39, 0.29) is 37.3 Å². The summed E-state index contributed by atoms with van der Waals surface area (Å²) in [5.41, 5.74) is 11.8. The number of aromatic nitrogens is 1. The molecule has 2 aromatic carbocycles. The van der Waals surface area contributed by atoms with Crippen LogP contribution in [-0.2, 0) is 14.3 Å². The van der Waals surface area contributed by atoms with Crippen molar-refractivity contribution in [1.29, 1.82) is 0 Å². The van der Waals surface area contributed by atoms with E-state index in [9.17, 15) is 22.8 Å². The minimum Gasteiger partial charge on any atom is -0.485 e. The molecule has 1 fully saturated rings. The van der Waals surface area contributed by atoms with Crippen molar-refractivity contribution in [3.05, 3.63) is 89.5 Å². The number of pyridine rings is 1. The smallest absolute Gasteiger partial charge is 0.404 e. The second-order valence-corrected chi connectivity index (χ2v) is 9.10. The number of anilines is 1. The number of benzene rings is 2. The molecule has 2 heterocycles. The van der Waals surface area contributed by atoms with Crippen molar-refractivity contribution in [3.8, 4) is 5.75 Å². The van der Waals surface area contributed by atoms with Crippen molar-refractivity contribution >= 4 is 17.7 Å². The highest BCUT2D eigenvalue weighted by molar-refractivity contribution is 5.85. The second kappa shape index (κ2) is 13.1. The number of ether oxygens (including phenoxy) is 3. The summed E-state index contributed by atoms with van der Waals surface area (Å²) < 4.78 is 58.4. The number of nitrogens with one attached hydrogen (secondary N) is 2. The lowest BCUT2D eigenvalue weighted by Gasteiger charge is -2.30. The number of nitrogens with two attached hydrogens (primary N) is 2. The fourth-order valence-electron chi connectivity index (χ4n) is 4.32. The van der Waals surface area contributed by atoms with Crippen LogP contribution in [0.1, 0.15) is 17.0 Å². The van der Waals surface area contributed by atoms with Crippen LogP contribution in [0.25, 0.3) is 0 Å². The molecule has 3 aromatic rings. The number of primary amides is 2. The van der Waals surface area contributed by atoms with Gasteiger partial charge in [-0.25, -0.2) is 18.0 Å². The maximum atomic E-state index is 14.9. The molecular formula is C27H28F3N5O5. The summed E-state index contributed by atoms with van der Waals surface area (Å²) in [6.07, 6.45) is 0.867. The van der Waals surface area contributed by atoms with Gasteiger partial charge in [0.2, 0.25) is 5.91 Å². The van der Waals surface area contributed by atoms with Crippen molar-refractivity contribution in [1.82, 2.24) is 10.3 Å². The standard InChI is InChI=1S/C27H28F3N5O5/c28-17-5-1-15(2-6-17)23(16-3-7-18(29)8-4-16)24(26(31)36)35-22-11-33-10-21(30)25(22)39-14-20-9-34-19(12-38-20)13-40-27(32)37/h1-8,10-11,19-20,23-24,34-35H,9,12-14H2,(H2,31,36)(H2,32,37)/t19-,20-,24-/m0/s1. The van der Waals surface area contributed by atoms with Crippen LogP contribution in [0.5, 0.6) is 5.75 Å². The van der Waals surface area contributed by atoms with E-state index in [0.29, 0.717) is 17.7 Å². The van der Waals surface area contributed by atoms with E-state index in [1.54, 1.807) is 0 Å². The average Bonchev–Trinajstić information content (AvgIpc) is 2.93. The lowest BCUT2D eigenvalue weighted by atomic mass is 9.84. The fourth-order valence-corrected chi connectivity index (χ4v) is 4.32. The van der Waals surface area contributed by atoms with Crippen molar-refractivity contribution < 1.29 is 37.0 Å². The van der Waals surface area contributed by atoms with E-state index in [1.807, 2.05) is 0 Å². The van der Waals surface area contributed by atoms with E-state index in [1.165, 1.54) is 54.7 Å². The van der Waals surface area contributed by atoms with Gasteiger partial charge < -0.3 is 36.3 Å². The van der Waals surface area contributed by atoms with Crippen molar-refractivity contribution in [2.45, 2.75) is 24.1 Å². The molecule has 2 amide bonds. The molecule has 6 N–H and O–H groups in total. The minimum absolute atomic E-state index is 0.0355. The number of hydrogen-bond donors (Lipinski definition) is 4. The van der Waals surface area contributed by atoms with E-state index in [0.717, 1.165) is 6.20 Å². The molecule has 1 saturated heterocycles. The van der Waals surface area contributed by atoms with Crippen molar-refractivity contribution in [3.63, 3.8) is 0 Å². The first-order chi connectivity index (χ1) is 19.2.